The van der Waals surface area contributed by atoms with Crippen LogP contribution in [0.3, 0.4) is 0 Å². The van der Waals surface area contributed by atoms with Crippen LogP contribution < -0.4 is 0 Å². The Bertz CT molecular complexity index is 962. The summed E-state index contributed by atoms with van der Waals surface area (Å²) in [6, 6.07) is 0. The van der Waals surface area contributed by atoms with Gasteiger partial charge in [0, 0.05) is 12.8 Å². The molecule has 0 spiro atoms. The van der Waals surface area contributed by atoms with Crippen molar-refractivity contribution in [3.8, 4) is 0 Å². The summed E-state index contributed by atoms with van der Waals surface area (Å²) in [5.74, 6) is -0.880. The van der Waals surface area contributed by atoms with Crippen LogP contribution >= 0.6 is 7.82 Å². The fraction of sp³-hybridized carbons (Fsp3) is 0.872. The van der Waals surface area contributed by atoms with E-state index in [0.717, 1.165) is 44.9 Å². The Balaban J connectivity index is 3.83. The van der Waals surface area contributed by atoms with Crippen LogP contribution in [0.25, 0.3) is 0 Å². The average molecular weight is 813 g/mol. The van der Waals surface area contributed by atoms with E-state index in [1.165, 1.54) is 167 Å². The zero-order valence-corrected chi connectivity index (χ0v) is 37.4. The van der Waals surface area contributed by atoms with E-state index in [1.54, 1.807) is 0 Å². The highest BCUT2D eigenvalue weighted by Crippen LogP contribution is 2.36. The fourth-order valence-electron chi connectivity index (χ4n) is 6.89. The lowest BCUT2D eigenvalue weighted by atomic mass is 10.0. The van der Waals surface area contributed by atoms with Crippen LogP contribution in [-0.4, -0.2) is 41.0 Å². The SMILES string of the molecule is CCCCCCCC/C=C\CCCCCCCCCCCCCC(=O)OC[C@H](COP(=O)(O)O)OC(=O)CCCCCCCCC/C=C\CCCCCCCC. The topological polar surface area (TPSA) is 119 Å². The lowest BCUT2D eigenvalue weighted by Crippen LogP contribution is -2.29. The molecule has 0 saturated heterocycles. The summed E-state index contributed by atoms with van der Waals surface area (Å²) in [4.78, 5) is 43.0. The molecule has 0 unspecified atom stereocenters. The second kappa shape index (κ2) is 43.1. The summed E-state index contributed by atoms with van der Waals surface area (Å²) in [5.41, 5.74) is 0. The van der Waals surface area contributed by atoms with Crippen LogP contribution in [0.15, 0.2) is 24.3 Å². The van der Waals surface area contributed by atoms with E-state index in [2.05, 4.69) is 42.7 Å². The molecule has 0 rings (SSSR count). The number of esters is 2. The molecule has 9 heteroatoms. The minimum Gasteiger partial charge on any atom is -0.462 e. The molecule has 56 heavy (non-hydrogen) atoms. The minimum atomic E-state index is -4.76. The van der Waals surface area contributed by atoms with E-state index < -0.39 is 32.5 Å². The highest BCUT2D eigenvalue weighted by molar-refractivity contribution is 7.46. The molecule has 0 fully saturated rings. The first-order valence-electron chi connectivity index (χ1n) is 23.6. The lowest BCUT2D eigenvalue weighted by molar-refractivity contribution is -0.161. The number of allylic oxidation sites excluding steroid dienone is 4. The average Bonchev–Trinajstić information content (AvgIpc) is 3.17. The standard InChI is InChI=1S/C47H89O8P/c1-3-5-7-9-11-13-15-17-19-21-22-23-24-26-27-29-31-33-35-37-39-41-46(48)53-43-45(44-54-56(50,51)52)55-47(49)42-40-38-36-34-32-30-28-25-20-18-16-14-12-10-8-6-4-2/h17-20,45H,3-16,21-44H2,1-2H3,(H2,50,51,52)/b19-17-,20-18-/t45-/m1/s1. The van der Waals surface area contributed by atoms with Gasteiger partial charge in [-0.2, -0.15) is 0 Å². The smallest absolute Gasteiger partial charge is 0.462 e. The van der Waals surface area contributed by atoms with E-state index in [-0.39, 0.29) is 19.4 Å². The molecule has 2 N–H and O–H groups in total. The van der Waals surface area contributed by atoms with Crippen LogP contribution in [0.5, 0.6) is 0 Å². The maximum absolute atomic E-state index is 12.4. The maximum Gasteiger partial charge on any atom is 0.469 e. The summed E-state index contributed by atoms with van der Waals surface area (Å²) in [6.07, 6.45) is 50.4. The molecular weight excluding hydrogens is 723 g/mol. The molecule has 0 bridgehead atoms. The predicted octanol–water partition coefficient (Wildman–Crippen LogP) is 14.7. The van der Waals surface area contributed by atoms with Crippen LogP contribution in [-0.2, 0) is 28.2 Å². The van der Waals surface area contributed by atoms with E-state index in [9.17, 15) is 14.2 Å². The van der Waals surface area contributed by atoms with Crippen molar-refractivity contribution in [1.82, 2.24) is 0 Å². The second-order valence-corrected chi connectivity index (χ2v) is 17.3. The van der Waals surface area contributed by atoms with Gasteiger partial charge in [-0.1, -0.05) is 192 Å². The summed E-state index contributed by atoms with van der Waals surface area (Å²) in [7, 11) is -4.76. The summed E-state index contributed by atoms with van der Waals surface area (Å²) in [6.45, 7) is 3.70. The number of unbranched alkanes of at least 4 members (excludes halogenated alkanes) is 30. The monoisotopic (exact) mass is 813 g/mol. The minimum absolute atomic E-state index is 0.209. The molecule has 0 aliphatic carbocycles. The van der Waals surface area contributed by atoms with E-state index >= 15 is 0 Å². The van der Waals surface area contributed by atoms with Crippen LogP contribution in [0, 0.1) is 0 Å². The molecule has 0 radical (unpaired) electrons. The molecule has 0 aliphatic rings. The van der Waals surface area contributed by atoms with Gasteiger partial charge in [-0.3, -0.25) is 14.1 Å². The van der Waals surface area contributed by atoms with Crippen molar-refractivity contribution in [3.63, 3.8) is 0 Å². The van der Waals surface area contributed by atoms with Gasteiger partial charge in [-0.25, -0.2) is 4.57 Å². The van der Waals surface area contributed by atoms with Crippen molar-refractivity contribution in [1.29, 1.82) is 0 Å². The molecule has 0 aromatic rings. The Morgan fingerprint density at radius 3 is 1.09 bits per heavy atom. The Morgan fingerprint density at radius 1 is 0.446 bits per heavy atom. The molecule has 0 heterocycles. The van der Waals surface area contributed by atoms with Gasteiger partial charge in [0.25, 0.3) is 0 Å². The number of hydrogen-bond acceptors (Lipinski definition) is 6. The van der Waals surface area contributed by atoms with Gasteiger partial charge in [-0.15, -0.1) is 0 Å². The van der Waals surface area contributed by atoms with Crippen molar-refractivity contribution >= 4 is 19.8 Å². The van der Waals surface area contributed by atoms with Gasteiger partial charge in [-0.05, 0) is 64.2 Å². The summed E-state index contributed by atoms with van der Waals surface area (Å²) >= 11 is 0. The van der Waals surface area contributed by atoms with Crippen molar-refractivity contribution in [2.24, 2.45) is 0 Å². The number of phosphoric acid groups is 1. The number of ether oxygens (including phenoxy) is 2. The molecule has 8 nitrogen and oxygen atoms in total. The molecule has 0 saturated carbocycles. The number of rotatable bonds is 44. The Morgan fingerprint density at radius 2 is 0.750 bits per heavy atom. The van der Waals surface area contributed by atoms with Crippen molar-refractivity contribution < 1.29 is 37.9 Å². The molecule has 0 aromatic heterocycles. The summed E-state index contributed by atoms with van der Waals surface area (Å²) in [5, 5.41) is 0. The number of phosphoric ester groups is 1. The van der Waals surface area contributed by atoms with Gasteiger partial charge in [0.2, 0.25) is 0 Å². The highest BCUT2D eigenvalue weighted by atomic mass is 31.2. The lowest BCUT2D eigenvalue weighted by Gasteiger charge is -2.18. The molecule has 0 amide bonds. The second-order valence-electron chi connectivity index (χ2n) is 16.1. The molecule has 1 atom stereocenters. The number of carbonyl (C=O) groups is 2. The van der Waals surface area contributed by atoms with Crippen molar-refractivity contribution in [2.75, 3.05) is 13.2 Å². The van der Waals surface area contributed by atoms with E-state index in [0.29, 0.717) is 6.42 Å². The zero-order chi connectivity index (χ0) is 41.1. The van der Waals surface area contributed by atoms with E-state index in [1.807, 2.05) is 0 Å². The Kier molecular flexibility index (Phi) is 42.0. The van der Waals surface area contributed by atoms with E-state index in [4.69, 9.17) is 19.3 Å². The first kappa shape index (κ1) is 54.5. The quantitative estimate of drug-likeness (QED) is 0.0270. The third-order valence-electron chi connectivity index (χ3n) is 10.4. The number of hydrogen-bond donors (Lipinski definition) is 2. The van der Waals surface area contributed by atoms with Crippen molar-refractivity contribution in [3.05, 3.63) is 24.3 Å². The summed E-state index contributed by atoms with van der Waals surface area (Å²) < 4.78 is 26.5. The van der Waals surface area contributed by atoms with Gasteiger partial charge < -0.3 is 19.3 Å². The number of carbonyl (C=O) groups excluding carboxylic acids is 2. The fourth-order valence-corrected chi connectivity index (χ4v) is 7.25. The largest absolute Gasteiger partial charge is 0.469 e. The van der Waals surface area contributed by atoms with Gasteiger partial charge in [0.1, 0.15) is 6.61 Å². The third-order valence-corrected chi connectivity index (χ3v) is 10.9. The Labute approximate surface area is 345 Å². The van der Waals surface area contributed by atoms with Crippen LogP contribution in [0.4, 0.5) is 0 Å². The molecule has 0 aromatic carbocycles. The van der Waals surface area contributed by atoms with Crippen LogP contribution in [0.2, 0.25) is 0 Å². The highest BCUT2D eigenvalue weighted by Gasteiger charge is 2.23. The van der Waals surface area contributed by atoms with Crippen molar-refractivity contribution in [2.45, 2.75) is 251 Å². The first-order chi connectivity index (χ1) is 27.3. The van der Waals surface area contributed by atoms with Gasteiger partial charge in [0.15, 0.2) is 6.10 Å². The first-order valence-corrected chi connectivity index (χ1v) is 25.2. The van der Waals surface area contributed by atoms with Gasteiger partial charge >= 0.3 is 19.8 Å². The molecular formula is C47H89O8P. The third kappa shape index (κ3) is 45.2. The van der Waals surface area contributed by atoms with Gasteiger partial charge in [0.05, 0.1) is 6.61 Å². The Hall–Kier alpha value is -1.47. The molecule has 330 valence electrons. The maximum atomic E-state index is 12.4. The predicted molar refractivity (Wildman–Crippen MR) is 235 cm³/mol. The van der Waals surface area contributed by atoms with Crippen LogP contribution in [0.1, 0.15) is 245 Å². The zero-order valence-electron chi connectivity index (χ0n) is 36.5. The normalized spacial score (nSPS) is 12.6. The molecule has 0 aliphatic heterocycles.